The van der Waals surface area contributed by atoms with Crippen molar-refractivity contribution in [3.05, 3.63) is 11.5 Å². The third kappa shape index (κ3) is 1.53. The molecule has 1 aliphatic heterocycles. The fourth-order valence-corrected chi connectivity index (χ4v) is 2.36. The van der Waals surface area contributed by atoms with Crippen LogP contribution in [0.5, 0.6) is 0 Å². The molecule has 1 aromatic rings. The molecule has 2 heterocycles. The van der Waals surface area contributed by atoms with Gasteiger partial charge in [-0.25, -0.2) is 0 Å². The predicted molar refractivity (Wildman–Crippen MR) is 57.8 cm³/mol. The molecule has 1 saturated carbocycles. The highest BCUT2D eigenvalue weighted by Crippen LogP contribution is 2.46. The first kappa shape index (κ1) is 9.21. The van der Waals surface area contributed by atoms with Crippen LogP contribution in [0, 0.1) is 0 Å². The fourth-order valence-electron chi connectivity index (χ4n) is 2.36. The average molecular weight is 207 g/mol. The van der Waals surface area contributed by atoms with Crippen molar-refractivity contribution >= 4 is 5.69 Å². The van der Waals surface area contributed by atoms with E-state index in [9.17, 15) is 0 Å². The Labute approximate surface area is 89.4 Å². The number of aromatic nitrogens is 1. The quantitative estimate of drug-likeness (QED) is 0.818. The number of hydrogen-bond acceptors (Lipinski definition) is 4. The Kier molecular flexibility index (Phi) is 2.16. The Morgan fingerprint density at radius 1 is 1.33 bits per heavy atom. The monoisotopic (exact) mass is 207 g/mol. The molecule has 2 fully saturated rings. The van der Waals surface area contributed by atoms with Gasteiger partial charge in [-0.05, 0) is 25.7 Å². The van der Waals surface area contributed by atoms with E-state index < -0.39 is 0 Å². The van der Waals surface area contributed by atoms with Crippen molar-refractivity contribution in [2.45, 2.75) is 38.1 Å². The van der Waals surface area contributed by atoms with Gasteiger partial charge in [-0.15, -0.1) is 0 Å². The third-order valence-corrected chi connectivity index (χ3v) is 3.32. The lowest BCUT2D eigenvalue weighted by Gasteiger charge is -2.17. The third-order valence-electron chi connectivity index (χ3n) is 3.32. The van der Waals surface area contributed by atoms with Crippen LogP contribution < -0.4 is 10.6 Å². The topological polar surface area (TPSA) is 55.3 Å². The summed E-state index contributed by atoms with van der Waals surface area (Å²) in [5, 5.41) is 4.10. The van der Waals surface area contributed by atoms with Gasteiger partial charge in [0.05, 0.1) is 0 Å². The van der Waals surface area contributed by atoms with Crippen LogP contribution in [0.4, 0.5) is 5.69 Å². The smallest absolute Gasteiger partial charge is 0.163 e. The van der Waals surface area contributed by atoms with E-state index in [0.717, 1.165) is 24.5 Å². The van der Waals surface area contributed by atoms with Crippen LogP contribution in [-0.4, -0.2) is 18.2 Å². The van der Waals surface area contributed by atoms with E-state index >= 15 is 0 Å². The fraction of sp³-hybridized carbons (Fsp3) is 0.727. The van der Waals surface area contributed by atoms with Crippen LogP contribution in [0.25, 0.3) is 0 Å². The second kappa shape index (κ2) is 3.52. The molecule has 3 rings (SSSR count). The van der Waals surface area contributed by atoms with Gasteiger partial charge in [0.1, 0.15) is 11.4 Å². The lowest BCUT2D eigenvalue weighted by Crippen LogP contribution is -2.20. The first-order valence-corrected chi connectivity index (χ1v) is 5.83. The van der Waals surface area contributed by atoms with E-state index in [1.165, 1.54) is 31.4 Å². The predicted octanol–water partition coefficient (Wildman–Crippen LogP) is 1.61. The molecule has 0 bridgehead atoms. The molecule has 0 unspecified atom stereocenters. The van der Waals surface area contributed by atoms with Crippen LogP contribution >= 0.6 is 0 Å². The van der Waals surface area contributed by atoms with Crippen molar-refractivity contribution in [3.63, 3.8) is 0 Å². The lowest BCUT2D eigenvalue weighted by molar-refractivity contribution is 0.378. The van der Waals surface area contributed by atoms with Gasteiger partial charge < -0.3 is 15.2 Å². The van der Waals surface area contributed by atoms with Gasteiger partial charge in [0.2, 0.25) is 0 Å². The van der Waals surface area contributed by atoms with Crippen molar-refractivity contribution in [2.75, 3.05) is 18.0 Å². The highest BCUT2D eigenvalue weighted by atomic mass is 16.5. The van der Waals surface area contributed by atoms with E-state index in [1.807, 2.05) is 0 Å². The van der Waals surface area contributed by atoms with Crippen LogP contribution in [0.1, 0.15) is 43.1 Å². The van der Waals surface area contributed by atoms with Crippen molar-refractivity contribution in [3.8, 4) is 0 Å². The molecule has 0 radical (unpaired) electrons. The minimum absolute atomic E-state index is 0.488. The molecule has 2 N–H and O–H groups in total. The number of anilines is 1. The van der Waals surface area contributed by atoms with Crippen molar-refractivity contribution in [1.82, 2.24) is 5.16 Å². The summed E-state index contributed by atoms with van der Waals surface area (Å²) in [6.07, 6.45) is 5.05. The van der Waals surface area contributed by atoms with E-state index in [2.05, 4.69) is 10.1 Å². The largest absolute Gasteiger partial charge is 0.367 e. The maximum absolute atomic E-state index is 5.70. The summed E-state index contributed by atoms with van der Waals surface area (Å²) in [6, 6.07) is 0. The zero-order valence-electron chi connectivity index (χ0n) is 8.91. The summed E-state index contributed by atoms with van der Waals surface area (Å²) in [7, 11) is 0. The minimum atomic E-state index is 0.488. The van der Waals surface area contributed by atoms with Gasteiger partial charge in [0.25, 0.3) is 0 Å². The molecule has 15 heavy (non-hydrogen) atoms. The molecule has 1 saturated heterocycles. The van der Waals surface area contributed by atoms with E-state index in [4.69, 9.17) is 10.3 Å². The Hall–Kier alpha value is -1.03. The van der Waals surface area contributed by atoms with E-state index in [1.54, 1.807) is 0 Å². The molecule has 4 nitrogen and oxygen atoms in total. The number of nitrogens with zero attached hydrogens (tertiary/aromatic N) is 2. The molecule has 0 amide bonds. The highest BCUT2D eigenvalue weighted by molar-refractivity contribution is 5.56. The number of hydrogen-bond donors (Lipinski definition) is 1. The molecule has 0 aromatic carbocycles. The minimum Gasteiger partial charge on any atom is -0.367 e. The summed E-state index contributed by atoms with van der Waals surface area (Å²) in [6.45, 7) is 2.75. The van der Waals surface area contributed by atoms with Gasteiger partial charge in [-0.2, -0.15) is 0 Å². The standard InChI is InChI=1S/C11H17N3O/c12-7-9-10(14-5-1-2-6-14)11(15-13-9)8-3-4-8/h8H,1-7,12H2. The van der Waals surface area contributed by atoms with Crippen LogP contribution in [-0.2, 0) is 6.54 Å². The zero-order chi connectivity index (χ0) is 10.3. The summed E-state index contributed by atoms with van der Waals surface area (Å²) >= 11 is 0. The number of nitrogens with two attached hydrogens (primary N) is 1. The Bertz CT molecular complexity index is 351. The first-order valence-electron chi connectivity index (χ1n) is 5.83. The van der Waals surface area contributed by atoms with E-state index in [0.29, 0.717) is 12.5 Å². The average Bonchev–Trinajstić information content (AvgIpc) is 2.83. The van der Waals surface area contributed by atoms with Gasteiger partial charge >= 0.3 is 0 Å². The van der Waals surface area contributed by atoms with Crippen molar-refractivity contribution in [2.24, 2.45) is 5.73 Å². The molecule has 2 aliphatic rings. The van der Waals surface area contributed by atoms with E-state index in [-0.39, 0.29) is 0 Å². The summed E-state index contributed by atoms with van der Waals surface area (Å²) in [5.41, 5.74) is 7.87. The van der Waals surface area contributed by atoms with Crippen LogP contribution in [0.2, 0.25) is 0 Å². The molecular formula is C11H17N3O. The lowest BCUT2D eigenvalue weighted by atomic mass is 10.2. The van der Waals surface area contributed by atoms with Gasteiger partial charge in [-0.1, -0.05) is 5.16 Å². The maximum Gasteiger partial charge on any atom is 0.163 e. The Balaban J connectivity index is 1.96. The molecule has 0 spiro atoms. The second-order valence-corrected chi connectivity index (χ2v) is 4.51. The van der Waals surface area contributed by atoms with Crippen LogP contribution in [0.15, 0.2) is 4.52 Å². The molecule has 4 heteroatoms. The van der Waals surface area contributed by atoms with Gasteiger partial charge in [0, 0.05) is 25.6 Å². The highest BCUT2D eigenvalue weighted by Gasteiger charge is 2.34. The summed E-state index contributed by atoms with van der Waals surface area (Å²) in [4.78, 5) is 2.40. The summed E-state index contributed by atoms with van der Waals surface area (Å²) in [5.74, 6) is 1.71. The normalized spacial score (nSPS) is 21.3. The Morgan fingerprint density at radius 3 is 2.67 bits per heavy atom. The Morgan fingerprint density at radius 2 is 2.07 bits per heavy atom. The second-order valence-electron chi connectivity index (χ2n) is 4.51. The molecule has 0 atom stereocenters. The molecule has 1 aliphatic carbocycles. The SMILES string of the molecule is NCc1noc(C2CC2)c1N1CCCC1. The zero-order valence-corrected chi connectivity index (χ0v) is 8.91. The first-order chi connectivity index (χ1) is 7.40. The van der Waals surface area contributed by atoms with Gasteiger partial charge in [0.15, 0.2) is 5.76 Å². The van der Waals surface area contributed by atoms with Gasteiger partial charge in [-0.3, -0.25) is 0 Å². The van der Waals surface area contributed by atoms with Crippen LogP contribution in [0.3, 0.4) is 0 Å². The molecule has 1 aromatic heterocycles. The maximum atomic E-state index is 5.70. The van der Waals surface area contributed by atoms with Crippen molar-refractivity contribution in [1.29, 1.82) is 0 Å². The van der Waals surface area contributed by atoms with Crippen molar-refractivity contribution < 1.29 is 4.52 Å². The number of rotatable bonds is 3. The molecule has 82 valence electrons. The molecular weight excluding hydrogens is 190 g/mol. The summed E-state index contributed by atoms with van der Waals surface area (Å²) < 4.78 is 5.45.